The molecule has 0 radical (unpaired) electrons. The molecule has 1 unspecified atom stereocenters. The number of hydrogen-bond acceptors (Lipinski definition) is 2. The van der Waals surface area contributed by atoms with E-state index >= 15 is 0 Å². The van der Waals surface area contributed by atoms with Crippen molar-refractivity contribution in [2.75, 3.05) is 17.2 Å². The third-order valence-corrected chi connectivity index (χ3v) is 3.96. The van der Waals surface area contributed by atoms with Crippen LogP contribution in [0.4, 0.5) is 10.1 Å². The highest BCUT2D eigenvalue weighted by Gasteiger charge is 2.24. The number of rotatable bonds is 2. The summed E-state index contributed by atoms with van der Waals surface area (Å²) in [6.45, 7) is 0. The van der Waals surface area contributed by atoms with Crippen LogP contribution in [0, 0.1) is 5.92 Å². The van der Waals surface area contributed by atoms with Gasteiger partial charge in [0.05, 0.1) is 0 Å². The second kappa shape index (κ2) is 4.88. The van der Waals surface area contributed by atoms with E-state index in [2.05, 4.69) is 0 Å². The van der Waals surface area contributed by atoms with Crippen molar-refractivity contribution < 1.29 is 4.39 Å². The van der Waals surface area contributed by atoms with E-state index < -0.39 is 6.17 Å². The predicted molar refractivity (Wildman–Crippen MR) is 64.8 cm³/mol. The Hall–Kier alpha value is -0.700. The molecule has 1 nitrogen and oxygen atoms in total. The molecule has 0 aliphatic carbocycles. The predicted octanol–water partition coefficient (Wildman–Crippen LogP) is 3.42. The van der Waals surface area contributed by atoms with Gasteiger partial charge in [0, 0.05) is 5.69 Å². The molecule has 0 saturated carbocycles. The molecule has 0 amide bonds. The van der Waals surface area contributed by atoms with E-state index in [1.165, 1.54) is 0 Å². The van der Waals surface area contributed by atoms with Crippen LogP contribution in [0.2, 0.25) is 0 Å². The minimum Gasteiger partial charge on any atom is -0.399 e. The summed E-state index contributed by atoms with van der Waals surface area (Å²) in [5, 5.41) is 0. The van der Waals surface area contributed by atoms with Gasteiger partial charge in [0.1, 0.15) is 6.17 Å². The third-order valence-electron chi connectivity index (χ3n) is 2.91. The second-order valence-corrected chi connectivity index (χ2v) is 5.25. The van der Waals surface area contributed by atoms with E-state index in [4.69, 9.17) is 5.73 Å². The molecule has 2 rings (SSSR count). The first-order chi connectivity index (χ1) is 7.27. The van der Waals surface area contributed by atoms with Crippen molar-refractivity contribution in [3.8, 4) is 0 Å². The van der Waals surface area contributed by atoms with Crippen molar-refractivity contribution in [2.45, 2.75) is 19.0 Å². The lowest BCUT2D eigenvalue weighted by Crippen LogP contribution is -2.15. The van der Waals surface area contributed by atoms with Crippen LogP contribution in [0.3, 0.4) is 0 Å². The first kappa shape index (κ1) is 10.8. The number of thioether (sulfide) groups is 1. The largest absolute Gasteiger partial charge is 0.399 e. The number of nitrogen functional groups attached to an aromatic ring is 1. The van der Waals surface area contributed by atoms with Crippen LogP contribution in [-0.2, 0) is 0 Å². The minimum absolute atomic E-state index is 0.188. The Morgan fingerprint density at radius 2 is 2.07 bits per heavy atom. The number of nitrogens with two attached hydrogens (primary N) is 1. The Kier molecular flexibility index (Phi) is 3.52. The van der Waals surface area contributed by atoms with Crippen LogP contribution in [0.5, 0.6) is 0 Å². The molecule has 82 valence electrons. The van der Waals surface area contributed by atoms with Gasteiger partial charge in [-0.15, -0.1) is 0 Å². The van der Waals surface area contributed by atoms with E-state index in [0.29, 0.717) is 5.69 Å². The summed E-state index contributed by atoms with van der Waals surface area (Å²) in [6.07, 6.45) is 1.13. The van der Waals surface area contributed by atoms with E-state index in [1.807, 2.05) is 23.9 Å². The Balaban J connectivity index is 2.08. The summed E-state index contributed by atoms with van der Waals surface area (Å²) in [7, 11) is 0. The van der Waals surface area contributed by atoms with E-state index in [9.17, 15) is 4.39 Å². The maximum absolute atomic E-state index is 14.1. The fourth-order valence-electron chi connectivity index (χ4n) is 2.01. The van der Waals surface area contributed by atoms with Gasteiger partial charge in [-0.25, -0.2) is 4.39 Å². The molecule has 1 fully saturated rings. The molecule has 1 aliphatic heterocycles. The van der Waals surface area contributed by atoms with Crippen molar-refractivity contribution in [1.82, 2.24) is 0 Å². The van der Waals surface area contributed by atoms with Crippen LogP contribution in [0.25, 0.3) is 0 Å². The fourth-order valence-corrected chi connectivity index (χ4v) is 3.15. The molecular weight excluding hydrogens is 209 g/mol. The van der Waals surface area contributed by atoms with E-state index in [1.54, 1.807) is 12.1 Å². The summed E-state index contributed by atoms with van der Waals surface area (Å²) < 4.78 is 14.1. The molecule has 15 heavy (non-hydrogen) atoms. The van der Waals surface area contributed by atoms with Gasteiger partial charge >= 0.3 is 0 Å². The molecule has 1 atom stereocenters. The topological polar surface area (TPSA) is 26.0 Å². The van der Waals surface area contributed by atoms with Crippen molar-refractivity contribution >= 4 is 17.4 Å². The minimum atomic E-state index is -0.839. The summed E-state index contributed by atoms with van der Waals surface area (Å²) in [6, 6.07) is 7.22. The number of halogens is 1. The fraction of sp³-hybridized carbons (Fsp3) is 0.500. The van der Waals surface area contributed by atoms with Crippen molar-refractivity contribution in [2.24, 2.45) is 5.92 Å². The van der Waals surface area contributed by atoms with Gasteiger partial charge in [0.25, 0.3) is 0 Å². The molecule has 1 heterocycles. The first-order valence-electron chi connectivity index (χ1n) is 5.34. The maximum atomic E-state index is 14.1. The average Bonchev–Trinajstić information content (AvgIpc) is 2.29. The van der Waals surface area contributed by atoms with Crippen LogP contribution >= 0.6 is 11.8 Å². The van der Waals surface area contributed by atoms with Gasteiger partial charge in [0.15, 0.2) is 0 Å². The zero-order chi connectivity index (χ0) is 10.7. The third kappa shape index (κ3) is 2.65. The molecule has 3 heteroatoms. The van der Waals surface area contributed by atoms with Crippen molar-refractivity contribution in [3.05, 3.63) is 29.8 Å². The Bertz CT molecular complexity index is 323. The normalized spacial score (nSPS) is 20.1. The Labute approximate surface area is 94.2 Å². The molecule has 0 aromatic heterocycles. The molecule has 1 aliphatic rings. The summed E-state index contributed by atoms with van der Waals surface area (Å²) in [5.74, 6) is 2.37. The van der Waals surface area contributed by atoms with Crippen LogP contribution in [0.15, 0.2) is 24.3 Å². The Morgan fingerprint density at radius 1 is 1.33 bits per heavy atom. The van der Waals surface area contributed by atoms with Gasteiger partial charge in [-0.3, -0.25) is 0 Å². The van der Waals surface area contributed by atoms with Gasteiger partial charge in [-0.1, -0.05) is 12.1 Å². The molecule has 1 aromatic carbocycles. The van der Waals surface area contributed by atoms with Crippen LogP contribution < -0.4 is 5.73 Å². The zero-order valence-corrected chi connectivity index (χ0v) is 9.47. The zero-order valence-electron chi connectivity index (χ0n) is 8.66. The Morgan fingerprint density at radius 3 is 2.73 bits per heavy atom. The number of benzene rings is 1. The van der Waals surface area contributed by atoms with Crippen molar-refractivity contribution in [3.63, 3.8) is 0 Å². The van der Waals surface area contributed by atoms with E-state index in [-0.39, 0.29) is 5.92 Å². The van der Waals surface area contributed by atoms with Gasteiger partial charge in [-0.05, 0) is 48.0 Å². The van der Waals surface area contributed by atoms with Gasteiger partial charge < -0.3 is 5.73 Å². The maximum Gasteiger partial charge on any atom is 0.128 e. The highest BCUT2D eigenvalue weighted by molar-refractivity contribution is 7.99. The lowest BCUT2D eigenvalue weighted by Gasteiger charge is -2.25. The lowest BCUT2D eigenvalue weighted by molar-refractivity contribution is 0.220. The first-order valence-corrected chi connectivity index (χ1v) is 6.50. The molecule has 1 saturated heterocycles. The standard InChI is InChI=1S/C12H16FNS/c13-12(9-4-6-15-7-5-9)10-2-1-3-11(14)8-10/h1-3,8-9,12H,4-7,14H2. The SMILES string of the molecule is Nc1cccc(C(F)C2CCSCC2)c1. The van der Waals surface area contributed by atoms with Gasteiger partial charge in [-0.2, -0.15) is 11.8 Å². The molecular formula is C12H16FNS. The summed E-state index contributed by atoms with van der Waals surface area (Å²) in [4.78, 5) is 0. The second-order valence-electron chi connectivity index (χ2n) is 4.02. The number of anilines is 1. The highest BCUT2D eigenvalue weighted by atomic mass is 32.2. The summed E-state index contributed by atoms with van der Waals surface area (Å²) in [5.41, 5.74) is 7.05. The smallest absolute Gasteiger partial charge is 0.128 e. The molecule has 0 bridgehead atoms. The highest BCUT2D eigenvalue weighted by Crippen LogP contribution is 2.36. The molecule has 2 N–H and O–H groups in total. The van der Waals surface area contributed by atoms with Crippen LogP contribution in [0.1, 0.15) is 24.6 Å². The lowest BCUT2D eigenvalue weighted by atomic mass is 9.92. The molecule has 1 aromatic rings. The molecule has 0 spiro atoms. The van der Waals surface area contributed by atoms with Crippen LogP contribution in [-0.4, -0.2) is 11.5 Å². The van der Waals surface area contributed by atoms with Crippen molar-refractivity contribution in [1.29, 1.82) is 0 Å². The quantitative estimate of drug-likeness (QED) is 0.780. The van der Waals surface area contributed by atoms with Gasteiger partial charge in [0.2, 0.25) is 0 Å². The summed E-state index contributed by atoms with van der Waals surface area (Å²) >= 11 is 1.92. The number of alkyl halides is 1. The van der Waals surface area contributed by atoms with E-state index in [0.717, 1.165) is 29.9 Å². The number of hydrogen-bond donors (Lipinski definition) is 1. The average molecular weight is 225 g/mol. The monoisotopic (exact) mass is 225 g/mol.